The Bertz CT molecular complexity index is 418. The topological polar surface area (TPSA) is 61.7 Å². The van der Waals surface area contributed by atoms with Crippen LogP contribution >= 0.6 is 11.8 Å². The zero-order valence-electron chi connectivity index (χ0n) is 7.93. The molecule has 5 heteroatoms. The van der Waals surface area contributed by atoms with Gasteiger partial charge in [-0.1, -0.05) is 17.8 Å². The van der Waals surface area contributed by atoms with E-state index in [4.69, 9.17) is 5.11 Å². The molecule has 0 unspecified atom stereocenters. The Morgan fingerprint density at radius 2 is 2.40 bits per heavy atom. The summed E-state index contributed by atoms with van der Waals surface area (Å²) in [6, 6.07) is 6.71. The van der Waals surface area contributed by atoms with Crippen molar-refractivity contribution in [2.24, 2.45) is 4.99 Å². The smallest absolute Gasteiger partial charge is 0.335 e. The molecule has 0 fully saturated rings. The van der Waals surface area contributed by atoms with Gasteiger partial charge < -0.3 is 10.4 Å². The van der Waals surface area contributed by atoms with Gasteiger partial charge >= 0.3 is 5.97 Å². The lowest BCUT2D eigenvalue weighted by atomic mass is 10.2. The lowest BCUT2D eigenvalue weighted by molar-refractivity contribution is 0.0697. The maximum Gasteiger partial charge on any atom is 0.335 e. The number of hydrogen-bond donors (Lipinski definition) is 2. The second-order valence-electron chi connectivity index (χ2n) is 3.05. The summed E-state index contributed by atoms with van der Waals surface area (Å²) in [4.78, 5) is 15.0. The number of carboxylic acid groups (broad SMARTS) is 1. The van der Waals surface area contributed by atoms with Crippen LogP contribution in [-0.2, 0) is 0 Å². The number of carboxylic acids is 1. The predicted octanol–water partition coefficient (Wildman–Crippen LogP) is 1.90. The summed E-state index contributed by atoms with van der Waals surface area (Å²) >= 11 is 1.64. The third-order valence-electron chi connectivity index (χ3n) is 1.95. The normalized spacial score (nSPS) is 14.8. The fourth-order valence-electron chi connectivity index (χ4n) is 1.26. The van der Waals surface area contributed by atoms with Gasteiger partial charge in [0.1, 0.15) is 0 Å². The standard InChI is InChI=1S/C10H10N2O2S/c13-9(14)7-2-1-3-8(6-7)12-10-11-4-5-15-10/h1-3,6H,4-5H2,(H,11,12)(H,13,14). The second-order valence-corrected chi connectivity index (χ2v) is 4.13. The number of amidine groups is 1. The maximum atomic E-state index is 10.7. The van der Waals surface area contributed by atoms with E-state index in [1.807, 2.05) is 6.07 Å². The molecule has 0 aromatic heterocycles. The molecule has 0 saturated heterocycles. The van der Waals surface area contributed by atoms with E-state index in [1.54, 1.807) is 30.0 Å². The number of nitrogens with one attached hydrogen (secondary N) is 1. The molecule has 0 radical (unpaired) electrons. The highest BCUT2D eigenvalue weighted by Crippen LogP contribution is 2.16. The van der Waals surface area contributed by atoms with Gasteiger partial charge in [-0.25, -0.2) is 4.79 Å². The van der Waals surface area contributed by atoms with Gasteiger partial charge in [-0.3, -0.25) is 4.99 Å². The summed E-state index contributed by atoms with van der Waals surface area (Å²) in [6.07, 6.45) is 0. The first-order valence-electron chi connectivity index (χ1n) is 4.53. The minimum Gasteiger partial charge on any atom is -0.478 e. The van der Waals surface area contributed by atoms with Crippen LogP contribution in [0.1, 0.15) is 10.4 Å². The molecule has 0 spiro atoms. The first-order valence-corrected chi connectivity index (χ1v) is 5.52. The number of hydrogen-bond acceptors (Lipinski definition) is 4. The lowest BCUT2D eigenvalue weighted by Gasteiger charge is -2.05. The van der Waals surface area contributed by atoms with Crippen LogP contribution in [0.25, 0.3) is 0 Å². The molecule has 0 amide bonds. The average molecular weight is 222 g/mol. The van der Waals surface area contributed by atoms with E-state index in [-0.39, 0.29) is 5.56 Å². The minimum atomic E-state index is -0.917. The van der Waals surface area contributed by atoms with E-state index in [1.165, 1.54) is 0 Å². The van der Waals surface area contributed by atoms with Crippen molar-refractivity contribution in [3.63, 3.8) is 0 Å². The number of thioether (sulfide) groups is 1. The van der Waals surface area contributed by atoms with Crippen LogP contribution in [-0.4, -0.2) is 28.5 Å². The average Bonchev–Trinajstić information content (AvgIpc) is 2.71. The van der Waals surface area contributed by atoms with Crippen molar-refractivity contribution in [3.05, 3.63) is 29.8 Å². The number of benzene rings is 1. The van der Waals surface area contributed by atoms with Gasteiger partial charge in [0.05, 0.1) is 12.1 Å². The molecule has 15 heavy (non-hydrogen) atoms. The van der Waals surface area contributed by atoms with Gasteiger partial charge in [-0.05, 0) is 18.2 Å². The molecular weight excluding hydrogens is 212 g/mol. The number of rotatable bonds is 2. The number of aliphatic imine (C=N–C) groups is 1. The molecule has 0 bridgehead atoms. The van der Waals surface area contributed by atoms with Crippen molar-refractivity contribution in [1.82, 2.24) is 0 Å². The van der Waals surface area contributed by atoms with E-state index < -0.39 is 5.97 Å². The Labute approximate surface area is 91.4 Å². The SMILES string of the molecule is O=C(O)c1cccc(NC2=NCCS2)c1. The molecule has 78 valence electrons. The van der Waals surface area contributed by atoms with Crippen LogP contribution in [0.5, 0.6) is 0 Å². The Hall–Kier alpha value is -1.49. The Kier molecular flexibility index (Phi) is 2.91. The van der Waals surface area contributed by atoms with Crippen LogP contribution < -0.4 is 5.32 Å². The fraction of sp³-hybridized carbons (Fsp3) is 0.200. The summed E-state index contributed by atoms with van der Waals surface area (Å²) in [6.45, 7) is 0.825. The minimum absolute atomic E-state index is 0.281. The predicted molar refractivity (Wildman–Crippen MR) is 61.8 cm³/mol. The van der Waals surface area contributed by atoms with Crippen molar-refractivity contribution >= 4 is 28.6 Å². The molecule has 4 nitrogen and oxygen atoms in total. The molecule has 2 rings (SSSR count). The fourth-order valence-corrected chi connectivity index (χ4v) is 2.01. The van der Waals surface area contributed by atoms with Crippen molar-refractivity contribution in [3.8, 4) is 0 Å². The van der Waals surface area contributed by atoms with Gasteiger partial charge in [0.2, 0.25) is 0 Å². The van der Waals surface area contributed by atoms with E-state index in [9.17, 15) is 4.79 Å². The van der Waals surface area contributed by atoms with E-state index in [0.29, 0.717) is 0 Å². The van der Waals surface area contributed by atoms with Crippen LogP contribution in [0.3, 0.4) is 0 Å². The highest BCUT2D eigenvalue weighted by atomic mass is 32.2. The van der Waals surface area contributed by atoms with Crippen LogP contribution in [0.4, 0.5) is 5.69 Å². The Balaban J connectivity index is 2.14. The Morgan fingerprint density at radius 3 is 3.07 bits per heavy atom. The van der Waals surface area contributed by atoms with E-state index in [2.05, 4.69) is 10.3 Å². The molecule has 1 aliphatic rings. The first-order chi connectivity index (χ1) is 7.25. The molecule has 1 heterocycles. The quantitative estimate of drug-likeness (QED) is 0.802. The summed E-state index contributed by atoms with van der Waals surface area (Å²) in [7, 11) is 0. The molecular formula is C10H10N2O2S. The molecule has 1 aliphatic heterocycles. The molecule has 0 aliphatic carbocycles. The number of anilines is 1. The maximum absolute atomic E-state index is 10.7. The zero-order chi connectivity index (χ0) is 10.7. The molecule has 0 saturated carbocycles. The molecule has 0 atom stereocenters. The summed E-state index contributed by atoms with van der Waals surface area (Å²) in [5.74, 6) is 0.0701. The Morgan fingerprint density at radius 1 is 1.53 bits per heavy atom. The number of carbonyl (C=O) groups is 1. The number of nitrogens with zero attached hydrogens (tertiary/aromatic N) is 1. The van der Waals surface area contributed by atoms with Gasteiger partial charge in [-0.15, -0.1) is 0 Å². The van der Waals surface area contributed by atoms with Crippen LogP contribution in [0.15, 0.2) is 29.3 Å². The number of aromatic carboxylic acids is 1. The zero-order valence-corrected chi connectivity index (χ0v) is 8.75. The lowest BCUT2D eigenvalue weighted by Crippen LogP contribution is -2.06. The van der Waals surface area contributed by atoms with Crippen molar-refractivity contribution in [1.29, 1.82) is 0 Å². The molecule has 2 N–H and O–H groups in total. The highest BCUT2D eigenvalue weighted by Gasteiger charge is 2.08. The van der Waals surface area contributed by atoms with Crippen molar-refractivity contribution in [2.45, 2.75) is 0 Å². The van der Waals surface area contributed by atoms with Gasteiger partial charge in [0.15, 0.2) is 5.17 Å². The third kappa shape index (κ3) is 2.50. The first kappa shape index (κ1) is 10.0. The largest absolute Gasteiger partial charge is 0.478 e. The molecule has 1 aromatic rings. The van der Waals surface area contributed by atoms with E-state index in [0.717, 1.165) is 23.2 Å². The van der Waals surface area contributed by atoms with Gasteiger partial charge in [0, 0.05) is 11.4 Å². The summed E-state index contributed by atoms with van der Waals surface area (Å²) in [5.41, 5.74) is 1.05. The third-order valence-corrected chi connectivity index (χ3v) is 2.84. The van der Waals surface area contributed by atoms with Crippen LogP contribution in [0, 0.1) is 0 Å². The van der Waals surface area contributed by atoms with Crippen molar-refractivity contribution < 1.29 is 9.90 Å². The van der Waals surface area contributed by atoms with Gasteiger partial charge in [0.25, 0.3) is 0 Å². The van der Waals surface area contributed by atoms with Crippen molar-refractivity contribution in [2.75, 3.05) is 17.6 Å². The summed E-state index contributed by atoms with van der Waals surface area (Å²) < 4.78 is 0. The van der Waals surface area contributed by atoms with Crippen LogP contribution in [0.2, 0.25) is 0 Å². The van der Waals surface area contributed by atoms with Gasteiger partial charge in [-0.2, -0.15) is 0 Å². The van der Waals surface area contributed by atoms with E-state index >= 15 is 0 Å². The monoisotopic (exact) mass is 222 g/mol. The second kappa shape index (κ2) is 4.35. The summed E-state index contributed by atoms with van der Waals surface area (Å²) in [5, 5.41) is 12.8. The molecule has 1 aromatic carbocycles. The highest BCUT2D eigenvalue weighted by molar-refractivity contribution is 8.14.